The molecule has 3 unspecified atom stereocenters. The normalized spacial score (nSPS) is 37.3. The zero-order valence-electron chi connectivity index (χ0n) is 23.4. The van der Waals surface area contributed by atoms with Gasteiger partial charge in [0.25, 0.3) is 0 Å². The van der Waals surface area contributed by atoms with Crippen LogP contribution in [0.2, 0.25) is 0 Å². The molecule has 7 atom stereocenters. The van der Waals surface area contributed by atoms with Crippen molar-refractivity contribution in [2.45, 2.75) is 123 Å². The molecule has 204 valence electrons. The van der Waals surface area contributed by atoms with Crippen molar-refractivity contribution in [1.29, 1.82) is 0 Å². The van der Waals surface area contributed by atoms with E-state index in [1.807, 2.05) is 13.8 Å². The first kappa shape index (κ1) is 29.0. The van der Waals surface area contributed by atoms with E-state index in [0.29, 0.717) is 36.5 Å². The fourth-order valence-corrected chi connectivity index (χ4v) is 7.81. The molecule has 0 bridgehead atoms. The van der Waals surface area contributed by atoms with E-state index >= 15 is 0 Å². The first-order valence-corrected chi connectivity index (χ1v) is 14.1. The average Bonchev–Trinajstić information content (AvgIpc) is 3.16. The Morgan fingerprint density at radius 1 is 1.17 bits per heavy atom. The summed E-state index contributed by atoms with van der Waals surface area (Å²) in [6.07, 6.45) is 15.4. The first-order valence-electron chi connectivity index (χ1n) is 14.1. The summed E-state index contributed by atoms with van der Waals surface area (Å²) in [5.74, 6) is 1.79. The highest BCUT2D eigenvalue weighted by Crippen LogP contribution is 2.65. The van der Waals surface area contributed by atoms with Crippen molar-refractivity contribution in [3.05, 3.63) is 28.2 Å². The molecule has 0 aromatic rings. The van der Waals surface area contributed by atoms with E-state index in [4.69, 9.17) is 0 Å². The molecule has 2 N–H and O–H groups in total. The Labute approximate surface area is 217 Å². The van der Waals surface area contributed by atoms with Crippen molar-refractivity contribution in [3.63, 3.8) is 0 Å². The third-order valence-electron chi connectivity index (χ3n) is 10.0. The Balaban J connectivity index is 0.000000538. The van der Waals surface area contributed by atoms with Gasteiger partial charge in [-0.05, 0) is 93.8 Å². The minimum Gasteiger partial charge on any atom is -0.469 e. The summed E-state index contributed by atoms with van der Waals surface area (Å²) in [6, 6.07) is -0.479. The van der Waals surface area contributed by atoms with Gasteiger partial charge in [-0.15, -0.1) is 0 Å². The molecule has 0 saturated heterocycles. The predicted molar refractivity (Wildman–Crippen MR) is 143 cm³/mol. The quantitative estimate of drug-likeness (QED) is 0.235. The minimum atomic E-state index is -0.607. The van der Waals surface area contributed by atoms with Gasteiger partial charge in [-0.25, -0.2) is 0 Å². The van der Waals surface area contributed by atoms with E-state index in [0.717, 1.165) is 18.8 Å². The van der Waals surface area contributed by atoms with Crippen molar-refractivity contribution in [1.82, 2.24) is 0 Å². The van der Waals surface area contributed by atoms with Crippen LogP contribution >= 0.6 is 0 Å². The average molecular weight is 504 g/mol. The Kier molecular flexibility index (Phi) is 9.25. The molecule has 0 amide bonds. The van der Waals surface area contributed by atoms with Gasteiger partial charge in [-0.1, -0.05) is 62.1 Å². The SMILES string of the molecule is CC(C)(O)CCCC[C@H]1CCC2C3=CC=C4C[C@@H](N=O)[C@@H](O)CC4(C)C3CC[C@@]21C.CCC(=O)OC. The minimum absolute atomic E-state index is 0.0170. The second-order valence-corrected chi connectivity index (χ2v) is 12.8. The van der Waals surface area contributed by atoms with Gasteiger partial charge < -0.3 is 14.9 Å². The summed E-state index contributed by atoms with van der Waals surface area (Å²) in [7, 11) is 1.38. The molecule has 0 radical (unpaired) electrons. The van der Waals surface area contributed by atoms with E-state index in [-0.39, 0.29) is 11.4 Å². The van der Waals surface area contributed by atoms with Crippen molar-refractivity contribution in [3.8, 4) is 0 Å². The van der Waals surface area contributed by atoms with E-state index in [1.54, 1.807) is 12.5 Å². The Bertz CT molecular complexity index is 852. The molecule has 0 heterocycles. The van der Waals surface area contributed by atoms with Crippen LogP contribution in [0, 0.1) is 33.5 Å². The van der Waals surface area contributed by atoms with Crippen molar-refractivity contribution in [2.75, 3.05) is 7.11 Å². The maximum Gasteiger partial charge on any atom is 0.305 e. The lowest BCUT2D eigenvalue weighted by Crippen LogP contribution is -2.49. The largest absolute Gasteiger partial charge is 0.469 e. The van der Waals surface area contributed by atoms with Gasteiger partial charge in [0.15, 0.2) is 0 Å². The molecule has 6 nitrogen and oxygen atoms in total. The Morgan fingerprint density at radius 3 is 2.47 bits per heavy atom. The molecule has 36 heavy (non-hydrogen) atoms. The van der Waals surface area contributed by atoms with Crippen LogP contribution in [0.25, 0.3) is 0 Å². The van der Waals surface area contributed by atoms with Gasteiger partial charge in [0.05, 0.1) is 18.8 Å². The predicted octanol–water partition coefficient (Wildman–Crippen LogP) is 6.49. The van der Waals surface area contributed by atoms with E-state index in [1.165, 1.54) is 51.2 Å². The number of aliphatic hydroxyl groups is 2. The Morgan fingerprint density at radius 2 is 1.89 bits per heavy atom. The number of fused-ring (bicyclic) bond motifs is 5. The number of carbonyl (C=O) groups is 1. The molecule has 0 spiro atoms. The molecule has 4 aliphatic carbocycles. The lowest BCUT2D eigenvalue weighted by Gasteiger charge is -2.55. The number of esters is 1. The zero-order chi connectivity index (χ0) is 26.7. The number of nitroso groups, excluding NO2 is 1. The molecule has 0 aliphatic heterocycles. The third-order valence-corrected chi connectivity index (χ3v) is 10.0. The molecule has 0 aromatic carbocycles. The van der Waals surface area contributed by atoms with Gasteiger partial charge in [0, 0.05) is 6.42 Å². The fraction of sp³-hybridized carbons (Fsp3) is 0.833. The van der Waals surface area contributed by atoms with Crippen molar-refractivity contribution >= 4 is 5.97 Å². The van der Waals surface area contributed by atoms with E-state index in [2.05, 4.69) is 35.9 Å². The van der Waals surface area contributed by atoms with Crippen LogP contribution in [-0.4, -0.2) is 41.0 Å². The standard InChI is InChI=1S/C26H41NO3.C4H8O2/c1-24(2,29)13-6-5-7-17-9-11-20-19-10-8-18-15-22(27-30)23(28)16-26(18,4)21(19)12-14-25(17,20)3;1-3-4(5)6-2/h8,10,17,20-23,28-29H,5-7,9,11-16H2,1-4H3;3H2,1-2H3/t17-,20?,21?,22+,23-,25+,26?;/m0./s1. The van der Waals surface area contributed by atoms with Gasteiger partial charge in [-0.2, -0.15) is 4.91 Å². The molecule has 0 aromatic heterocycles. The smallest absolute Gasteiger partial charge is 0.305 e. The van der Waals surface area contributed by atoms with Gasteiger partial charge >= 0.3 is 5.97 Å². The van der Waals surface area contributed by atoms with Crippen LogP contribution in [0.3, 0.4) is 0 Å². The fourth-order valence-electron chi connectivity index (χ4n) is 7.81. The number of ether oxygens (including phenoxy) is 1. The van der Waals surface area contributed by atoms with Crippen LogP contribution in [0.1, 0.15) is 105 Å². The summed E-state index contributed by atoms with van der Waals surface area (Å²) in [4.78, 5) is 21.1. The van der Waals surface area contributed by atoms with Crippen molar-refractivity contribution < 1.29 is 19.7 Å². The summed E-state index contributed by atoms with van der Waals surface area (Å²) >= 11 is 0. The summed E-state index contributed by atoms with van der Waals surface area (Å²) < 4.78 is 4.26. The number of allylic oxidation sites excluding steroid dienone is 3. The van der Waals surface area contributed by atoms with E-state index in [9.17, 15) is 19.9 Å². The summed E-state index contributed by atoms with van der Waals surface area (Å²) in [5.41, 5.74) is 2.78. The van der Waals surface area contributed by atoms with E-state index < -0.39 is 17.7 Å². The van der Waals surface area contributed by atoms with Crippen LogP contribution in [0.15, 0.2) is 28.5 Å². The Hall–Kier alpha value is -1.53. The molecule has 4 aliphatic rings. The number of hydrogen-bond acceptors (Lipinski definition) is 6. The topological polar surface area (TPSA) is 96.2 Å². The van der Waals surface area contributed by atoms with Crippen molar-refractivity contribution in [2.24, 2.45) is 33.8 Å². The zero-order valence-corrected chi connectivity index (χ0v) is 23.4. The number of rotatable bonds is 7. The monoisotopic (exact) mass is 503 g/mol. The molecule has 3 fully saturated rings. The summed E-state index contributed by atoms with van der Waals surface area (Å²) in [6.45, 7) is 10.4. The highest BCUT2D eigenvalue weighted by Gasteiger charge is 2.57. The van der Waals surface area contributed by atoms with Crippen LogP contribution in [0.4, 0.5) is 0 Å². The van der Waals surface area contributed by atoms with Crippen LogP contribution in [-0.2, 0) is 9.53 Å². The lowest BCUT2D eigenvalue weighted by atomic mass is 9.50. The molecular formula is C30H49NO5. The number of methoxy groups -OCH3 is 1. The highest BCUT2D eigenvalue weighted by molar-refractivity contribution is 5.68. The summed E-state index contributed by atoms with van der Waals surface area (Å²) in [5, 5.41) is 23.8. The second-order valence-electron chi connectivity index (χ2n) is 12.8. The number of hydrogen-bond donors (Lipinski definition) is 2. The molecule has 4 rings (SSSR count). The van der Waals surface area contributed by atoms with Gasteiger partial charge in [-0.3, -0.25) is 4.79 Å². The maximum atomic E-state index is 11.2. The number of unbranched alkanes of at least 4 members (excludes halogenated alkanes) is 1. The van der Waals surface area contributed by atoms with Gasteiger partial charge in [0.2, 0.25) is 0 Å². The molecular weight excluding hydrogens is 454 g/mol. The second kappa shape index (κ2) is 11.5. The molecule has 3 saturated carbocycles. The van der Waals surface area contributed by atoms with Gasteiger partial charge in [0.1, 0.15) is 6.04 Å². The maximum absolute atomic E-state index is 11.2. The molecule has 6 heteroatoms. The lowest BCUT2D eigenvalue weighted by molar-refractivity contribution is -0.140. The third kappa shape index (κ3) is 5.96. The first-order chi connectivity index (χ1) is 16.9. The van der Waals surface area contributed by atoms with Crippen LogP contribution < -0.4 is 0 Å². The van der Waals surface area contributed by atoms with Crippen LogP contribution in [0.5, 0.6) is 0 Å². The number of carbonyl (C=O) groups excluding carboxylic acids is 1. The number of aliphatic hydroxyl groups excluding tert-OH is 1. The highest BCUT2D eigenvalue weighted by atomic mass is 16.5. The number of nitrogens with zero attached hydrogens (tertiary/aromatic N) is 1.